The summed E-state index contributed by atoms with van der Waals surface area (Å²) in [6.07, 6.45) is 0.391. The first-order chi connectivity index (χ1) is 8.28. The zero-order valence-corrected chi connectivity index (χ0v) is 12.3. The van der Waals surface area contributed by atoms with E-state index in [4.69, 9.17) is 12.7 Å². The zero-order chi connectivity index (χ0) is 13.5. The number of amides is 1. The molecule has 2 radical (unpaired) electrons. The molecule has 1 aliphatic heterocycles. The Kier molecular flexibility index (Phi) is 3.44. The van der Waals surface area contributed by atoms with Crippen LogP contribution in [0.5, 0.6) is 0 Å². The highest BCUT2D eigenvalue weighted by molar-refractivity contribution is 9.10. The molecule has 0 unspecified atom stereocenters. The highest BCUT2D eigenvalue weighted by Crippen LogP contribution is 2.26. The lowest BCUT2D eigenvalue weighted by Gasteiger charge is -2.29. The molecule has 5 nitrogen and oxygen atoms in total. The number of carbonyl (C=O) groups is 1. The van der Waals surface area contributed by atoms with E-state index in [1.807, 2.05) is 20.8 Å². The van der Waals surface area contributed by atoms with Gasteiger partial charge in [-0.15, -0.1) is 0 Å². The normalized spacial score (nSPS) is 15.4. The molecule has 0 spiro atoms. The van der Waals surface area contributed by atoms with Crippen LogP contribution in [-0.4, -0.2) is 40.8 Å². The van der Waals surface area contributed by atoms with Crippen molar-refractivity contribution in [2.45, 2.75) is 39.3 Å². The van der Waals surface area contributed by atoms with Gasteiger partial charge in [-0.3, -0.25) is 0 Å². The van der Waals surface area contributed by atoms with Gasteiger partial charge in [-0.1, -0.05) is 0 Å². The first kappa shape index (κ1) is 13.5. The van der Waals surface area contributed by atoms with Crippen LogP contribution in [0.2, 0.25) is 0 Å². The van der Waals surface area contributed by atoms with Gasteiger partial charge in [0.25, 0.3) is 7.98 Å². The van der Waals surface area contributed by atoms with E-state index in [-0.39, 0.29) is 6.09 Å². The molecule has 0 fully saturated rings. The third-order valence-corrected chi connectivity index (χ3v) is 3.49. The molecule has 2 rings (SSSR count). The molecule has 96 valence electrons. The summed E-state index contributed by atoms with van der Waals surface area (Å²) in [5.41, 5.74) is 1.41. The number of halogens is 1. The number of aromatic nitrogens is 2. The van der Waals surface area contributed by atoms with Crippen molar-refractivity contribution in [3.05, 3.63) is 15.9 Å². The molecule has 0 aliphatic carbocycles. The van der Waals surface area contributed by atoms with E-state index in [9.17, 15) is 4.79 Å². The molecule has 0 aromatic carbocycles. The van der Waals surface area contributed by atoms with Gasteiger partial charge in [-0.25, -0.2) is 4.79 Å². The van der Waals surface area contributed by atoms with E-state index in [1.165, 1.54) is 4.59 Å². The molecule has 0 atom stereocenters. The number of nitrogens with zero attached hydrogens (tertiary/aromatic N) is 3. The Morgan fingerprint density at radius 3 is 2.78 bits per heavy atom. The molecule has 7 heteroatoms. The van der Waals surface area contributed by atoms with Gasteiger partial charge in [0.2, 0.25) is 0 Å². The summed E-state index contributed by atoms with van der Waals surface area (Å²) in [6, 6.07) is 0. The maximum absolute atomic E-state index is 12.0. The molecule has 1 aromatic rings. The summed E-state index contributed by atoms with van der Waals surface area (Å²) >= 11 is 3.37. The fraction of sp³-hybridized carbons (Fsp3) is 0.636. The van der Waals surface area contributed by atoms with E-state index in [0.717, 1.165) is 11.3 Å². The van der Waals surface area contributed by atoms with Crippen molar-refractivity contribution >= 4 is 30.0 Å². The van der Waals surface area contributed by atoms with Crippen molar-refractivity contribution < 1.29 is 9.53 Å². The van der Waals surface area contributed by atoms with E-state index in [1.54, 1.807) is 4.90 Å². The smallest absolute Gasteiger partial charge is 0.410 e. The quantitative estimate of drug-likeness (QED) is 0.687. The van der Waals surface area contributed by atoms with E-state index in [0.29, 0.717) is 24.1 Å². The average molecular weight is 312 g/mol. The Hall–Kier alpha value is -0.975. The first-order valence-electron chi connectivity index (χ1n) is 5.77. The van der Waals surface area contributed by atoms with Gasteiger partial charge in [-0.05, 0) is 36.7 Å². The first-order valence-corrected chi connectivity index (χ1v) is 6.56. The number of fused-ring (bicyclic) bond motifs is 1. The number of carbonyl (C=O) groups excluding carboxylic acids is 1. The van der Waals surface area contributed by atoms with Crippen LogP contribution in [0, 0.1) is 0 Å². The number of hydrogen-bond acceptors (Lipinski definition) is 3. The zero-order valence-electron chi connectivity index (χ0n) is 10.7. The lowest BCUT2D eigenvalue weighted by atomic mass is 10.1. The van der Waals surface area contributed by atoms with Gasteiger partial charge in [0.05, 0.1) is 16.8 Å². The topological polar surface area (TPSA) is 47.4 Å². The molecule has 0 saturated heterocycles. The maximum atomic E-state index is 12.0. The van der Waals surface area contributed by atoms with Crippen molar-refractivity contribution in [3.63, 3.8) is 0 Å². The summed E-state index contributed by atoms with van der Waals surface area (Å²) in [6.45, 7) is 6.64. The van der Waals surface area contributed by atoms with Gasteiger partial charge in [-0.2, -0.15) is 5.10 Å². The predicted octanol–water partition coefficient (Wildman–Crippen LogP) is 1.87. The minimum atomic E-state index is -0.480. The fourth-order valence-electron chi connectivity index (χ4n) is 1.84. The largest absolute Gasteiger partial charge is 0.444 e. The summed E-state index contributed by atoms with van der Waals surface area (Å²) in [5.74, 6) is 0. The van der Waals surface area contributed by atoms with E-state index >= 15 is 0 Å². The second kappa shape index (κ2) is 4.61. The van der Waals surface area contributed by atoms with E-state index < -0.39 is 5.60 Å². The average Bonchev–Trinajstić information content (AvgIpc) is 2.52. The monoisotopic (exact) mass is 311 g/mol. The van der Waals surface area contributed by atoms with Gasteiger partial charge in [0.1, 0.15) is 5.60 Å². The molecule has 1 aliphatic rings. The van der Waals surface area contributed by atoms with Crippen LogP contribution in [0.1, 0.15) is 32.0 Å². The third kappa shape index (κ3) is 2.71. The van der Waals surface area contributed by atoms with Crippen LogP contribution in [0.3, 0.4) is 0 Å². The molecule has 1 aromatic heterocycles. The van der Waals surface area contributed by atoms with E-state index in [2.05, 4.69) is 21.0 Å². The molecule has 1 amide bonds. The standard InChI is InChI=1S/C11H15BBrN3O2/c1-11(2,3)18-10(17)15-5-4-8-7(6-15)9(13)16(12)14-8/h4-6H2,1-3H3. The molecule has 0 saturated carbocycles. The SMILES string of the molecule is [B]n1nc2c(c1Br)CN(C(=O)OC(C)(C)C)CC2. The second-order valence-electron chi connectivity index (χ2n) is 5.31. The highest BCUT2D eigenvalue weighted by Gasteiger charge is 2.28. The van der Waals surface area contributed by atoms with Crippen molar-refractivity contribution in [3.8, 4) is 0 Å². The Bertz CT molecular complexity index is 481. The molecule has 18 heavy (non-hydrogen) atoms. The van der Waals surface area contributed by atoms with Crippen LogP contribution in [0.4, 0.5) is 4.79 Å². The second-order valence-corrected chi connectivity index (χ2v) is 6.06. The minimum absolute atomic E-state index is 0.301. The summed E-state index contributed by atoms with van der Waals surface area (Å²) in [5, 5.41) is 4.19. The molecular formula is C11H15BBrN3O2. The molecule has 0 bridgehead atoms. The number of hydrogen-bond donors (Lipinski definition) is 0. The predicted molar refractivity (Wildman–Crippen MR) is 71.4 cm³/mol. The molecule has 2 heterocycles. The van der Waals surface area contributed by atoms with Crippen molar-refractivity contribution in [2.24, 2.45) is 0 Å². The Balaban J connectivity index is 2.12. The summed E-state index contributed by atoms with van der Waals surface area (Å²) in [7, 11) is 5.67. The number of ether oxygens (including phenoxy) is 1. The third-order valence-electron chi connectivity index (χ3n) is 2.65. The Morgan fingerprint density at radius 2 is 2.17 bits per heavy atom. The highest BCUT2D eigenvalue weighted by atomic mass is 79.9. The van der Waals surface area contributed by atoms with Crippen molar-refractivity contribution in [1.29, 1.82) is 0 Å². The lowest BCUT2D eigenvalue weighted by molar-refractivity contribution is 0.0223. The van der Waals surface area contributed by atoms with Crippen molar-refractivity contribution in [2.75, 3.05) is 6.54 Å². The van der Waals surface area contributed by atoms with Crippen LogP contribution < -0.4 is 0 Å². The maximum Gasteiger partial charge on any atom is 0.410 e. The van der Waals surface area contributed by atoms with Gasteiger partial charge in [0, 0.05) is 18.5 Å². The Labute approximate surface area is 116 Å². The molecular weight excluding hydrogens is 297 g/mol. The van der Waals surface area contributed by atoms with Gasteiger partial charge in [0.15, 0.2) is 0 Å². The lowest BCUT2D eigenvalue weighted by Crippen LogP contribution is -2.39. The van der Waals surface area contributed by atoms with Crippen LogP contribution in [0.15, 0.2) is 4.60 Å². The van der Waals surface area contributed by atoms with Crippen LogP contribution >= 0.6 is 15.9 Å². The van der Waals surface area contributed by atoms with Gasteiger partial charge < -0.3 is 14.2 Å². The minimum Gasteiger partial charge on any atom is -0.444 e. The summed E-state index contributed by atoms with van der Waals surface area (Å²) in [4.78, 5) is 13.6. The summed E-state index contributed by atoms with van der Waals surface area (Å²) < 4.78 is 7.36. The van der Waals surface area contributed by atoms with Crippen molar-refractivity contribution in [1.82, 2.24) is 14.6 Å². The number of rotatable bonds is 0. The molecule has 0 N–H and O–H groups in total. The fourth-order valence-corrected chi connectivity index (χ4v) is 2.28. The van der Waals surface area contributed by atoms with Crippen LogP contribution in [-0.2, 0) is 17.7 Å². The Morgan fingerprint density at radius 1 is 1.50 bits per heavy atom. The van der Waals surface area contributed by atoms with Crippen LogP contribution in [0.25, 0.3) is 0 Å². The van der Waals surface area contributed by atoms with Gasteiger partial charge >= 0.3 is 6.09 Å².